The van der Waals surface area contributed by atoms with E-state index in [1.807, 2.05) is 21.6 Å². The van der Waals surface area contributed by atoms with Gasteiger partial charge in [-0.1, -0.05) is 39.3 Å². The van der Waals surface area contributed by atoms with Gasteiger partial charge in [-0.05, 0) is 19.3 Å². The van der Waals surface area contributed by atoms with Gasteiger partial charge in [-0.3, -0.25) is 4.79 Å². The van der Waals surface area contributed by atoms with Crippen LogP contribution in [0.25, 0.3) is 0 Å². The molecule has 1 fully saturated rings. The molecule has 0 bridgehead atoms. The van der Waals surface area contributed by atoms with Crippen molar-refractivity contribution in [2.24, 2.45) is 0 Å². The van der Waals surface area contributed by atoms with Crippen LogP contribution >= 0.6 is 32.9 Å². The molecule has 17 heavy (non-hydrogen) atoms. The molecule has 0 unspecified atom stereocenters. The average molecular weight is 289 g/mol. The number of carbonyl (C=O) groups is 1. The summed E-state index contributed by atoms with van der Waals surface area (Å²) in [6.45, 7) is 0. The molecule has 1 N–H and O–H groups in total. The van der Waals surface area contributed by atoms with E-state index in [1.165, 1.54) is 29.9 Å². The molecule has 1 aliphatic heterocycles. The normalized spacial score (nSPS) is 19.4. The first kappa shape index (κ1) is 13.2. The second kappa shape index (κ2) is 7.23. The second-order valence-electron chi connectivity index (χ2n) is 3.87. The summed E-state index contributed by atoms with van der Waals surface area (Å²) < 4.78 is 0. The van der Waals surface area contributed by atoms with E-state index in [0.717, 1.165) is 18.1 Å². The summed E-state index contributed by atoms with van der Waals surface area (Å²) in [4.78, 5) is 11.5. The molecule has 2 rings (SSSR count). The maximum Gasteiger partial charge on any atom is 0.226 e. The third-order valence-electron chi connectivity index (χ3n) is 2.51. The van der Waals surface area contributed by atoms with Crippen molar-refractivity contribution in [3.8, 4) is 0 Å². The minimum Gasteiger partial charge on any atom is -0.301 e. The summed E-state index contributed by atoms with van der Waals surface area (Å²) in [5.74, 6) is 1.34. The minimum atomic E-state index is 0.0511. The van der Waals surface area contributed by atoms with Crippen LogP contribution in [0.3, 0.4) is 0 Å². The van der Waals surface area contributed by atoms with Crippen molar-refractivity contribution in [3.63, 3.8) is 0 Å². The van der Waals surface area contributed by atoms with Gasteiger partial charge in [0.25, 0.3) is 0 Å². The summed E-state index contributed by atoms with van der Waals surface area (Å²) in [6.07, 6.45) is 5.26. The Bertz CT molecular complexity index is 339. The topological polar surface area (TPSA) is 54.9 Å². The van der Waals surface area contributed by atoms with E-state index in [-0.39, 0.29) is 5.91 Å². The monoisotopic (exact) mass is 289 g/mol. The van der Waals surface area contributed by atoms with Crippen molar-refractivity contribution in [2.75, 3.05) is 11.1 Å². The molecule has 94 valence electrons. The molecular weight excluding hydrogens is 274 g/mol. The highest BCUT2D eigenvalue weighted by Crippen LogP contribution is 2.39. The lowest BCUT2D eigenvalue weighted by Crippen LogP contribution is -2.11. The number of hydrogen-bond acceptors (Lipinski definition) is 6. The Morgan fingerprint density at radius 3 is 3.18 bits per heavy atom. The van der Waals surface area contributed by atoms with Gasteiger partial charge < -0.3 is 5.32 Å². The van der Waals surface area contributed by atoms with E-state index in [2.05, 4.69) is 15.5 Å². The Morgan fingerprint density at radius 2 is 2.47 bits per heavy atom. The maximum absolute atomic E-state index is 11.5. The highest BCUT2D eigenvalue weighted by molar-refractivity contribution is 8.77. The van der Waals surface area contributed by atoms with Crippen molar-refractivity contribution in [3.05, 3.63) is 5.51 Å². The summed E-state index contributed by atoms with van der Waals surface area (Å²) in [5.41, 5.74) is 1.62. The van der Waals surface area contributed by atoms with Crippen molar-refractivity contribution in [1.29, 1.82) is 0 Å². The van der Waals surface area contributed by atoms with E-state index >= 15 is 0 Å². The summed E-state index contributed by atoms with van der Waals surface area (Å²) in [5, 5.41) is 11.6. The van der Waals surface area contributed by atoms with E-state index in [4.69, 9.17) is 0 Å². The molecule has 4 nitrogen and oxygen atoms in total. The lowest BCUT2D eigenvalue weighted by Gasteiger charge is -2.06. The van der Waals surface area contributed by atoms with Crippen LogP contribution in [0.1, 0.15) is 32.1 Å². The first-order valence-corrected chi connectivity index (χ1v) is 8.95. The van der Waals surface area contributed by atoms with Crippen LogP contribution in [-0.2, 0) is 4.79 Å². The first-order chi connectivity index (χ1) is 8.34. The van der Waals surface area contributed by atoms with E-state index in [9.17, 15) is 4.79 Å². The van der Waals surface area contributed by atoms with E-state index < -0.39 is 0 Å². The Balaban J connectivity index is 1.54. The molecule has 1 aromatic rings. The zero-order valence-corrected chi connectivity index (χ0v) is 11.9. The maximum atomic E-state index is 11.5. The van der Waals surface area contributed by atoms with E-state index in [0.29, 0.717) is 11.6 Å². The number of nitrogens with one attached hydrogen (secondary N) is 1. The van der Waals surface area contributed by atoms with Crippen LogP contribution < -0.4 is 5.32 Å². The number of amides is 1. The largest absolute Gasteiger partial charge is 0.301 e. The van der Waals surface area contributed by atoms with Crippen molar-refractivity contribution >= 4 is 44.0 Å². The molecule has 1 aromatic heterocycles. The van der Waals surface area contributed by atoms with Crippen LogP contribution in [0.5, 0.6) is 0 Å². The van der Waals surface area contributed by atoms with Gasteiger partial charge in [0, 0.05) is 17.4 Å². The number of unbranched alkanes of at least 4 members (excludes halogenated alkanes) is 1. The molecule has 7 heteroatoms. The molecule has 2 heterocycles. The smallest absolute Gasteiger partial charge is 0.226 e. The highest BCUT2D eigenvalue weighted by Gasteiger charge is 2.15. The van der Waals surface area contributed by atoms with Crippen LogP contribution in [0.2, 0.25) is 0 Å². The Labute approximate surface area is 113 Å². The quantitative estimate of drug-likeness (QED) is 0.644. The second-order valence-corrected chi connectivity index (χ2v) is 7.49. The molecule has 0 radical (unpaired) electrons. The van der Waals surface area contributed by atoms with Gasteiger partial charge >= 0.3 is 0 Å². The Kier molecular flexibility index (Phi) is 5.60. The summed E-state index contributed by atoms with van der Waals surface area (Å²) in [6, 6.07) is 0. The predicted octanol–water partition coefficient (Wildman–Crippen LogP) is 3.19. The van der Waals surface area contributed by atoms with Crippen molar-refractivity contribution in [1.82, 2.24) is 10.2 Å². The van der Waals surface area contributed by atoms with Gasteiger partial charge in [0.15, 0.2) is 0 Å². The average Bonchev–Trinajstić information content (AvgIpc) is 2.96. The molecule has 1 aliphatic rings. The fourth-order valence-electron chi connectivity index (χ4n) is 1.63. The van der Waals surface area contributed by atoms with E-state index in [1.54, 1.807) is 5.51 Å². The van der Waals surface area contributed by atoms with Gasteiger partial charge in [0.1, 0.15) is 5.51 Å². The van der Waals surface area contributed by atoms with Gasteiger partial charge in [-0.15, -0.1) is 10.2 Å². The molecule has 1 atom stereocenters. The number of anilines is 1. The molecule has 1 saturated heterocycles. The number of nitrogens with zero attached hydrogens (tertiary/aromatic N) is 2. The lowest BCUT2D eigenvalue weighted by atomic mass is 10.1. The molecule has 0 saturated carbocycles. The highest BCUT2D eigenvalue weighted by atomic mass is 33.1. The fourth-order valence-corrected chi connectivity index (χ4v) is 5.12. The SMILES string of the molecule is O=C(CCCC[C@H]1CCSS1)Nc1nncs1. The predicted molar refractivity (Wildman–Crippen MR) is 75.5 cm³/mol. The summed E-state index contributed by atoms with van der Waals surface area (Å²) in [7, 11) is 3.98. The molecule has 0 aliphatic carbocycles. The van der Waals surface area contributed by atoms with Gasteiger partial charge in [-0.2, -0.15) is 0 Å². The molecule has 0 spiro atoms. The zero-order valence-electron chi connectivity index (χ0n) is 9.42. The summed E-state index contributed by atoms with van der Waals surface area (Å²) >= 11 is 1.35. The van der Waals surface area contributed by atoms with Gasteiger partial charge in [-0.25, -0.2) is 0 Å². The Morgan fingerprint density at radius 1 is 1.53 bits per heavy atom. The van der Waals surface area contributed by atoms with Crippen LogP contribution in [-0.4, -0.2) is 27.1 Å². The number of aromatic nitrogens is 2. The number of rotatable bonds is 6. The van der Waals surface area contributed by atoms with Crippen LogP contribution in [0.4, 0.5) is 5.13 Å². The minimum absolute atomic E-state index is 0.0511. The molecule has 0 aromatic carbocycles. The van der Waals surface area contributed by atoms with Crippen molar-refractivity contribution in [2.45, 2.75) is 37.4 Å². The van der Waals surface area contributed by atoms with Gasteiger partial charge in [0.05, 0.1) is 0 Å². The van der Waals surface area contributed by atoms with Crippen molar-refractivity contribution < 1.29 is 4.79 Å². The lowest BCUT2D eigenvalue weighted by molar-refractivity contribution is -0.116. The van der Waals surface area contributed by atoms with Crippen LogP contribution in [0, 0.1) is 0 Å². The zero-order chi connectivity index (χ0) is 11.9. The third kappa shape index (κ3) is 4.85. The number of carbonyl (C=O) groups excluding carboxylic acids is 1. The molecule has 1 amide bonds. The molecular formula is C10H15N3OS3. The third-order valence-corrected chi connectivity index (χ3v) is 6.13. The van der Waals surface area contributed by atoms with Gasteiger partial charge in [0.2, 0.25) is 11.0 Å². The number of hydrogen-bond donors (Lipinski definition) is 1. The first-order valence-electron chi connectivity index (χ1n) is 5.69. The fraction of sp³-hybridized carbons (Fsp3) is 0.700. The van der Waals surface area contributed by atoms with Crippen LogP contribution in [0.15, 0.2) is 5.51 Å². The standard InChI is InChI=1S/C10H15N3OS3/c14-9(12-10-13-11-7-15-10)4-2-1-3-8-5-6-16-17-8/h7-8H,1-6H2,(H,12,13,14)/t8-/m0/s1. The Hall–Kier alpha value is -0.270.